The Hall–Kier alpha value is -2.55. The molecule has 0 aliphatic heterocycles. The van der Waals surface area contributed by atoms with Crippen molar-refractivity contribution >= 4 is 21.6 Å². The first-order valence-corrected chi connectivity index (χ1v) is 7.27. The van der Waals surface area contributed by atoms with E-state index in [4.69, 9.17) is 5.73 Å². The number of primary amides is 1. The van der Waals surface area contributed by atoms with E-state index in [9.17, 15) is 26.4 Å². The summed E-state index contributed by atoms with van der Waals surface area (Å²) in [5.41, 5.74) is 3.08. The Morgan fingerprint density at radius 2 is 1.77 bits per heavy atom. The number of amides is 1. The smallest absolute Gasteiger partial charge is 0.262 e. The average molecular weight is 330 g/mol. The van der Waals surface area contributed by atoms with Gasteiger partial charge in [-0.1, -0.05) is 6.07 Å². The second-order valence-electron chi connectivity index (χ2n) is 4.21. The van der Waals surface area contributed by atoms with E-state index < -0.39 is 49.5 Å². The van der Waals surface area contributed by atoms with Crippen molar-refractivity contribution in [3.8, 4) is 0 Å². The number of hydrogen-bond donors (Lipinski definition) is 2. The molecule has 2 aromatic carbocycles. The Kier molecular flexibility index (Phi) is 4.09. The second-order valence-corrected chi connectivity index (χ2v) is 5.89. The zero-order valence-corrected chi connectivity index (χ0v) is 11.6. The van der Waals surface area contributed by atoms with Crippen LogP contribution in [0.2, 0.25) is 0 Å². The molecule has 0 aromatic heterocycles. The van der Waals surface area contributed by atoms with Gasteiger partial charge in [0.05, 0.1) is 10.6 Å². The third kappa shape index (κ3) is 3.03. The van der Waals surface area contributed by atoms with Crippen LogP contribution < -0.4 is 10.5 Å². The number of carbonyl (C=O) groups is 1. The quantitative estimate of drug-likeness (QED) is 0.898. The van der Waals surface area contributed by atoms with Crippen LogP contribution in [0.25, 0.3) is 0 Å². The highest BCUT2D eigenvalue weighted by molar-refractivity contribution is 7.92. The first-order valence-electron chi connectivity index (χ1n) is 5.78. The summed E-state index contributed by atoms with van der Waals surface area (Å²) in [5, 5.41) is 0. The first-order chi connectivity index (χ1) is 10.2. The van der Waals surface area contributed by atoms with Crippen molar-refractivity contribution in [3.05, 3.63) is 59.4 Å². The molecule has 116 valence electrons. The van der Waals surface area contributed by atoms with Crippen LogP contribution in [0.4, 0.5) is 18.9 Å². The minimum Gasteiger partial charge on any atom is -0.365 e. The summed E-state index contributed by atoms with van der Waals surface area (Å²) >= 11 is 0. The summed E-state index contributed by atoms with van der Waals surface area (Å²) in [7, 11) is -4.32. The molecule has 1 amide bonds. The van der Waals surface area contributed by atoms with Gasteiger partial charge in [0.15, 0.2) is 5.82 Å². The standard InChI is InChI=1S/C13H9F3N2O3S/c14-7-2-1-3-8(6-7)22(20,21)18-10-5-4-9(15)11(12(10)16)13(17)19/h1-6,18H,(H2,17,19). The Morgan fingerprint density at radius 3 is 2.36 bits per heavy atom. The van der Waals surface area contributed by atoms with Gasteiger partial charge in [-0.05, 0) is 30.3 Å². The van der Waals surface area contributed by atoms with E-state index in [1.54, 1.807) is 0 Å². The predicted octanol–water partition coefficient (Wildman–Crippen LogP) is 2.00. The fraction of sp³-hybridized carbons (Fsp3) is 0. The van der Waals surface area contributed by atoms with Crippen LogP contribution in [0.1, 0.15) is 10.4 Å². The first kappa shape index (κ1) is 15.8. The molecule has 0 aliphatic rings. The van der Waals surface area contributed by atoms with Crippen LogP contribution in [0, 0.1) is 17.5 Å². The maximum absolute atomic E-state index is 14.0. The predicted molar refractivity (Wildman–Crippen MR) is 72.1 cm³/mol. The number of halogens is 3. The van der Waals surface area contributed by atoms with Gasteiger partial charge in [-0.15, -0.1) is 0 Å². The maximum Gasteiger partial charge on any atom is 0.262 e. The summed E-state index contributed by atoms with van der Waals surface area (Å²) in [6.45, 7) is 0. The molecular weight excluding hydrogens is 321 g/mol. The summed E-state index contributed by atoms with van der Waals surface area (Å²) < 4.78 is 66.2. The summed E-state index contributed by atoms with van der Waals surface area (Å²) in [6, 6.07) is 5.46. The van der Waals surface area contributed by atoms with Gasteiger partial charge >= 0.3 is 0 Å². The number of sulfonamides is 1. The fourth-order valence-electron chi connectivity index (χ4n) is 1.70. The monoisotopic (exact) mass is 330 g/mol. The van der Waals surface area contributed by atoms with Crippen LogP contribution in [-0.2, 0) is 10.0 Å². The van der Waals surface area contributed by atoms with E-state index >= 15 is 0 Å². The lowest BCUT2D eigenvalue weighted by molar-refractivity contribution is 0.0992. The molecule has 0 bridgehead atoms. The molecule has 0 radical (unpaired) electrons. The number of nitrogens with one attached hydrogen (secondary N) is 1. The lowest BCUT2D eigenvalue weighted by Gasteiger charge is -2.11. The van der Waals surface area contributed by atoms with Gasteiger partial charge in [0.1, 0.15) is 17.2 Å². The molecule has 0 atom stereocenters. The van der Waals surface area contributed by atoms with E-state index in [-0.39, 0.29) is 0 Å². The fourth-order valence-corrected chi connectivity index (χ4v) is 2.79. The molecule has 9 heteroatoms. The van der Waals surface area contributed by atoms with E-state index in [0.29, 0.717) is 6.07 Å². The second kappa shape index (κ2) is 5.68. The minimum absolute atomic E-state index is 0.461. The molecule has 2 aromatic rings. The Balaban J connectivity index is 2.47. The zero-order valence-electron chi connectivity index (χ0n) is 10.8. The van der Waals surface area contributed by atoms with Crippen molar-refractivity contribution in [2.45, 2.75) is 4.90 Å². The molecule has 0 saturated carbocycles. The summed E-state index contributed by atoms with van der Waals surface area (Å²) in [4.78, 5) is 10.5. The van der Waals surface area contributed by atoms with Crippen molar-refractivity contribution in [1.82, 2.24) is 0 Å². The third-order valence-electron chi connectivity index (χ3n) is 2.69. The van der Waals surface area contributed by atoms with Crippen LogP contribution in [0.15, 0.2) is 41.3 Å². The number of carbonyl (C=O) groups excluding carboxylic acids is 1. The van der Waals surface area contributed by atoms with Crippen molar-refractivity contribution in [2.24, 2.45) is 5.73 Å². The van der Waals surface area contributed by atoms with Gasteiger partial charge < -0.3 is 5.73 Å². The van der Waals surface area contributed by atoms with Crippen molar-refractivity contribution < 1.29 is 26.4 Å². The number of hydrogen-bond acceptors (Lipinski definition) is 3. The highest BCUT2D eigenvalue weighted by Crippen LogP contribution is 2.24. The largest absolute Gasteiger partial charge is 0.365 e. The van der Waals surface area contributed by atoms with Crippen molar-refractivity contribution in [3.63, 3.8) is 0 Å². The molecule has 2 rings (SSSR count). The van der Waals surface area contributed by atoms with E-state index in [1.165, 1.54) is 0 Å². The Morgan fingerprint density at radius 1 is 1.09 bits per heavy atom. The molecule has 3 N–H and O–H groups in total. The van der Waals surface area contributed by atoms with Gasteiger partial charge in [0, 0.05) is 0 Å². The van der Waals surface area contributed by atoms with Gasteiger partial charge in [-0.2, -0.15) is 0 Å². The van der Waals surface area contributed by atoms with Crippen LogP contribution >= 0.6 is 0 Å². The lowest BCUT2D eigenvalue weighted by Crippen LogP contribution is -2.19. The van der Waals surface area contributed by atoms with Crippen LogP contribution in [-0.4, -0.2) is 14.3 Å². The molecule has 22 heavy (non-hydrogen) atoms. The zero-order chi connectivity index (χ0) is 16.5. The molecular formula is C13H9F3N2O3S. The van der Waals surface area contributed by atoms with Gasteiger partial charge in [0.2, 0.25) is 0 Å². The van der Waals surface area contributed by atoms with Gasteiger partial charge in [-0.25, -0.2) is 21.6 Å². The van der Waals surface area contributed by atoms with Crippen molar-refractivity contribution in [1.29, 1.82) is 0 Å². The van der Waals surface area contributed by atoms with Gasteiger partial charge in [-0.3, -0.25) is 9.52 Å². The molecule has 0 saturated heterocycles. The highest BCUT2D eigenvalue weighted by atomic mass is 32.2. The molecule has 5 nitrogen and oxygen atoms in total. The topological polar surface area (TPSA) is 89.3 Å². The van der Waals surface area contributed by atoms with Crippen LogP contribution in [0.3, 0.4) is 0 Å². The average Bonchev–Trinajstić information content (AvgIpc) is 2.42. The third-order valence-corrected chi connectivity index (χ3v) is 4.05. The molecule has 0 aliphatic carbocycles. The lowest BCUT2D eigenvalue weighted by atomic mass is 10.1. The Labute approximate surface area is 123 Å². The summed E-state index contributed by atoms with van der Waals surface area (Å²) in [5.74, 6) is -4.87. The SMILES string of the molecule is NC(=O)c1c(F)ccc(NS(=O)(=O)c2cccc(F)c2)c1F. The minimum atomic E-state index is -4.32. The normalized spacial score (nSPS) is 11.2. The summed E-state index contributed by atoms with van der Waals surface area (Å²) in [6.07, 6.45) is 0. The molecule has 0 fully saturated rings. The Bertz CT molecular complexity index is 854. The van der Waals surface area contributed by atoms with Crippen LogP contribution in [0.5, 0.6) is 0 Å². The van der Waals surface area contributed by atoms with E-state index in [1.807, 2.05) is 4.72 Å². The number of nitrogens with two attached hydrogens (primary N) is 1. The van der Waals surface area contributed by atoms with E-state index in [0.717, 1.165) is 30.3 Å². The maximum atomic E-state index is 14.0. The molecule has 0 spiro atoms. The highest BCUT2D eigenvalue weighted by Gasteiger charge is 2.22. The van der Waals surface area contributed by atoms with Gasteiger partial charge in [0.25, 0.3) is 15.9 Å². The number of rotatable bonds is 4. The molecule has 0 heterocycles. The number of benzene rings is 2. The van der Waals surface area contributed by atoms with Crippen molar-refractivity contribution in [2.75, 3.05) is 4.72 Å². The van der Waals surface area contributed by atoms with E-state index in [2.05, 4.69) is 0 Å². The molecule has 0 unspecified atom stereocenters. The number of anilines is 1.